The molecule has 2 heterocycles. The van der Waals surface area contributed by atoms with Crippen LogP contribution in [0, 0.1) is 5.41 Å². The van der Waals surface area contributed by atoms with Crippen molar-refractivity contribution in [1.82, 2.24) is 9.80 Å². The molecule has 128 valence electrons. The van der Waals surface area contributed by atoms with Crippen molar-refractivity contribution in [3.8, 4) is 5.75 Å². The van der Waals surface area contributed by atoms with E-state index < -0.39 is 0 Å². The molecule has 3 rings (SSSR count). The number of piperazine rings is 1. The van der Waals surface area contributed by atoms with Gasteiger partial charge in [-0.3, -0.25) is 9.80 Å². The quantitative estimate of drug-likeness (QED) is 0.849. The van der Waals surface area contributed by atoms with Crippen LogP contribution in [0.25, 0.3) is 0 Å². The van der Waals surface area contributed by atoms with Gasteiger partial charge in [-0.25, -0.2) is 0 Å². The van der Waals surface area contributed by atoms with Crippen molar-refractivity contribution < 1.29 is 14.6 Å². The molecule has 0 saturated carbocycles. The molecule has 5 nitrogen and oxygen atoms in total. The average Bonchev–Trinajstić information content (AvgIpc) is 2.53. The Morgan fingerprint density at radius 2 is 1.91 bits per heavy atom. The molecule has 0 aliphatic carbocycles. The van der Waals surface area contributed by atoms with Gasteiger partial charge in [0.15, 0.2) is 0 Å². The second-order valence-corrected chi connectivity index (χ2v) is 7.10. The minimum Gasteiger partial charge on any atom is -0.496 e. The van der Waals surface area contributed by atoms with Crippen LogP contribution in [0.4, 0.5) is 0 Å². The molecule has 2 aliphatic heterocycles. The van der Waals surface area contributed by atoms with Crippen molar-refractivity contribution in [2.75, 3.05) is 59.7 Å². The monoisotopic (exact) mass is 340 g/mol. The summed E-state index contributed by atoms with van der Waals surface area (Å²) in [5, 5.41) is 10.3. The topological polar surface area (TPSA) is 45.2 Å². The summed E-state index contributed by atoms with van der Waals surface area (Å²) in [6, 6.07) is 5.77. The van der Waals surface area contributed by atoms with Crippen LogP contribution in [0.5, 0.6) is 5.75 Å². The summed E-state index contributed by atoms with van der Waals surface area (Å²) in [7, 11) is 1.69. The molecule has 1 N–H and O–H groups in total. The predicted molar refractivity (Wildman–Crippen MR) is 90.1 cm³/mol. The summed E-state index contributed by atoms with van der Waals surface area (Å²) in [4.78, 5) is 4.86. The number of hydrogen-bond donors (Lipinski definition) is 1. The Kier molecular flexibility index (Phi) is 5.44. The third-order valence-corrected chi connectivity index (χ3v) is 5.05. The lowest BCUT2D eigenvalue weighted by molar-refractivity contribution is -0.150. The van der Waals surface area contributed by atoms with Crippen molar-refractivity contribution in [3.05, 3.63) is 28.8 Å². The molecule has 0 bridgehead atoms. The predicted octanol–water partition coefficient (Wildman–Crippen LogP) is 1.48. The molecule has 0 radical (unpaired) electrons. The van der Waals surface area contributed by atoms with Gasteiger partial charge in [0, 0.05) is 49.9 Å². The molecule has 0 amide bonds. The summed E-state index contributed by atoms with van der Waals surface area (Å²) in [6.45, 7) is 7.43. The van der Waals surface area contributed by atoms with Gasteiger partial charge in [-0.05, 0) is 18.2 Å². The summed E-state index contributed by atoms with van der Waals surface area (Å²) in [5.41, 5.74) is 1.10. The first-order chi connectivity index (χ1) is 11.1. The molecule has 0 unspecified atom stereocenters. The second kappa shape index (κ2) is 7.36. The zero-order valence-corrected chi connectivity index (χ0v) is 14.4. The van der Waals surface area contributed by atoms with E-state index in [0.29, 0.717) is 13.2 Å². The Bertz CT molecular complexity index is 523. The standard InChI is InChI=1S/C17H25ClN2O3/c1-22-16-3-2-15(18)8-14(16)9-19-4-6-20(7-5-19)10-17(11-21)12-23-13-17/h2-3,8,21H,4-7,9-13H2,1H3. The van der Waals surface area contributed by atoms with Gasteiger partial charge >= 0.3 is 0 Å². The maximum absolute atomic E-state index is 9.55. The summed E-state index contributed by atoms with van der Waals surface area (Å²) < 4.78 is 10.7. The first-order valence-corrected chi connectivity index (χ1v) is 8.48. The van der Waals surface area contributed by atoms with E-state index in [-0.39, 0.29) is 12.0 Å². The van der Waals surface area contributed by atoms with Crippen LogP contribution in [0.2, 0.25) is 5.02 Å². The van der Waals surface area contributed by atoms with Crippen molar-refractivity contribution in [2.45, 2.75) is 6.54 Å². The number of aliphatic hydroxyl groups excluding tert-OH is 1. The smallest absolute Gasteiger partial charge is 0.123 e. The lowest BCUT2D eigenvalue weighted by Gasteiger charge is -2.45. The fourth-order valence-electron chi connectivity index (χ4n) is 3.31. The zero-order valence-electron chi connectivity index (χ0n) is 13.6. The minimum absolute atomic E-state index is 0.0294. The largest absolute Gasteiger partial charge is 0.496 e. The number of methoxy groups -OCH3 is 1. The van der Waals surface area contributed by atoms with E-state index in [2.05, 4.69) is 9.80 Å². The summed E-state index contributed by atoms with van der Waals surface area (Å²) >= 11 is 6.11. The van der Waals surface area contributed by atoms with Gasteiger partial charge in [0.05, 0.1) is 32.3 Å². The highest BCUT2D eigenvalue weighted by Gasteiger charge is 2.40. The fraction of sp³-hybridized carbons (Fsp3) is 0.647. The zero-order chi connectivity index (χ0) is 16.3. The molecular weight excluding hydrogens is 316 g/mol. The Morgan fingerprint density at radius 3 is 2.48 bits per heavy atom. The molecule has 0 spiro atoms. The third-order valence-electron chi connectivity index (χ3n) is 4.81. The van der Waals surface area contributed by atoms with Gasteiger partial charge in [0.2, 0.25) is 0 Å². The molecule has 6 heteroatoms. The molecule has 0 aromatic heterocycles. The third kappa shape index (κ3) is 3.98. The van der Waals surface area contributed by atoms with Crippen LogP contribution in [-0.4, -0.2) is 74.6 Å². The summed E-state index contributed by atoms with van der Waals surface area (Å²) in [6.07, 6.45) is 0. The number of benzene rings is 1. The lowest BCUT2D eigenvalue weighted by Crippen LogP contribution is -2.56. The molecule has 1 aromatic carbocycles. The van der Waals surface area contributed by atoms with Crippen LogP contribution in [0.15, 0.2) is 18.2 Å². The minimum atomic E-state index is -0.0294. The SMILES string of the molecule is COc1ccc(Cl)cc1CN1CCN(CC2(CO)COC2)CC1. The number of hydrogen-bond acceptors (Lipinski definition) is 5. The number of nitrogens with zero attached hydrogens (tertiary/aromatic N) is 2. The van der Waals surface area contributed by atoms with Crippen molar-refractivity contribution in [2.24, 2.45) is 5.41 Å². The van der Waals surface area contributed by atoms with Crippen molar-refractivity contribution >= 4 is 11.6 Å². The van der Waals surface area contributed by atoms with Gasteiger partial charge in [0.25, 0.3) is 0 Å². The fourth-order valence-corrected chi connectivity index (χ4v) is 3.51. The molecule has 23 heavy (non-hydrogen) atoms. The van der Waals surface area contributed by atoms with Gasteiger partial charge < -0.3 is 14.6 Å². The van der Waals surface area contributed by atoms with Crippen molar-refractivity contribution in [1.29, 1.82) is 0 Å². The Hall–Kier alpha value is -0.850. The number of ether oxygens (including phenoxy) is 2. The maximum atomic E-state index is 9.55. The summed E-state index contributed by atoms with van der Waals surface area (Å²) in [5.74, 6) is 0.891. The highest BCUT2D eigenvalue weighted by atomic mass is 35.5. The lowest BCUT2D eigenvalue weighted by atomic mass is 9.86. The van der Waals surface area contributed by atoms with Gasteiger partial charge in [0.1, 0.15) is 5.75 Å². The Morgan fingerprint density at radius 1 is 1.22 bits per heavy atom. The van der Waals surface area contributed by atoms with Crippen LogP contribution < -0.4 is 4.74 Å². The second-order valence-electron chi connectivity index (χ2n) is 6.66. The first-order valence-electron chi connectivity index (χ1n) is 8.10. The van der Waals surface area contributed by atoms with E-state index in [4.69, 9.17) is 21.1 Å². The van der Waals surface area contributed by atoms with E-state index in [1.807, 2.05) is 18.2 Å². The van der Waals surface area contributed by atoms with Crippen molar-refractivity contribution in [3.63, 3.8) is 0 Å². The molecule has 2 fully saturated rings. The normalized spacial score (nSPS) is 21.9. The van der Waals surface area contributed by atoms with Gasteiger partial charge in [-0.1, -0.05) is 11.6 Å². The molecule has 0 atom stereocenters. The van der Waals surface area contributed by atoms with Crippen LogP contribution in [0.3, 0.4) is 0 Å². The number of rotatable bonds is 6. The van der Waals surface area contributed by atoms with Gasteiger partial charge in [-0.2, -0.15) is 0 Å². The molecule has 2 saturated heterocycles. The maximum Gasteiger partial charge on any atom is 0.123 e. The molecule has 2 aliphatic rings. The van der Waals surface area contributed by atoms with E-state index in [1.54, 1.807) is 7.11 Å². The molecule has 1 aromatic rings. The number of halogens is 1. The Labute approximate surface area is 142 Å². The van der Waals surface area contributed by atoms with Crippen LogP contribution in [0.1, 0.15) is 5.56 Å². The van der Waals surface area contributed by atoms with Crippen LogP contribution >= 0.6 is 11.6 Å². The van der Waals surface area contributed by atoms with E-state index in [1.165, 1.54) is 0 Å². The van der Waals surface area contributed by atoms with E-state index in [9.17, 15) is 5.11 Å². The number of aliphatic hydroxyl groups is 1. The van der Waals surface area contributed by atoms with Gasteiger partial charge in [-0.15, -0.1) is 0 Å². The average molecular weight is 341 g/mol. The molecular formula is C17H25ClN2O3. The van der Waals surface area contributed by atoms with E-state index in [0.717, 1.165) is 55.6 Å². The highest BCUT2D eigenvalue weighted by Crippen LogP contribution is 2.29. The Balaban J connectivity index is 1.52. The highest BCUT2D eigenvalue weighted by molar-refractivity contribution is 6.30. The van der Waals surface area contributed by atoms with Crippen LogP contribution in [-0.2, 0) is 11.3 Å². The first kappa shape index (κ1) is 17.0. The van der Waals surface area contributed by atoms with E-state index >= 15 is 0 Å².